The summed E-state index contributed by atoms with van der Waals surface area (Å²) >= 11 is 7.63. The number of ether oxygens (including phenoxy) is 1. The number of nitrogens with one attached hydrogen (secondary N) is 1. The van der Waals surface area contributed by atoms with Gasteiger partial charge in [-0.1, -0.05) is 54.1 Å². The van der Waals surface area contributed by atoms with Crippen molar-refractivity contribution >= 4 is 46.6 Å². The molecule has 3 aromatic rings. The lowest BCUT2D eigenvalue weighted by Gasteiger charge is -2.17. The van der Waals surface area contributed by atoms with Crippen molar-refractivity contribution in [1.82, 2.24) is 0 Å². The van der Waals surface area contributed by atoms with E-state index in [2.05, 4.69) is 5.32 Å². The van der Waals surface area contributed by atoms with Gasteiger partial charge in [0.05, 0.1) is 0 Å². The van der Waals surface area contributed by atoms with Gasteiger partial charge in [0.15, 0.2) is 0 Å². The Morgan fingerprint density at radius 2 is 1.89 bits per heavy atom. The van der Waals surface area contributed by atoms with Crippen LogP contribution < -0.4 is 5.32 Å². The van der Waals surface area contributed by atoms with Crippen LogP contribution in [0.4, 0.5) is 5.69 Å². The Labute approximate surface area is 172 Å². The number of thiophene rings is 1. The molecule has 0 aliphatic heterocycles. The highest BCUT2D eigenvalue weighted by atomic mass is 35.5. The van der Waals surface area contributed by atoms with Crippen LogP contribution in [0.3, 0.4) is 0 Å². The quantitative estimate of drug-likeness (QED) is 0.421. The molecule has 1 N–H and O–H groups in total. The maximum Gasteiger partial charge on any atom is 0.331 e. The maximum atomic E-state index is 12.8. The number of rotatable bonds is 6. The van der Waals surface area contributed by atoms with Crippen LogP contribution in [0.15, 0.2) is 72.1 Å². The van der Waals surface area contributed by atoms with E-state index in [1.165, 1.54) is 17.4 Å². The van der Waals surface area contributed by atoms with Gasteiger partial charge < -0.3 is 10.1 Å². The molecule has 2 aromatic carbocycles. The minimum Gasteiger partial charge on any atom is -0.444 e. The van der Waals surface area contributed by atoms with Gasteiger partial charge in [-0.2, -0.15) is 0 Å². The first-order valence-electron chi connectivity index (χ1n) is 8.57. The fraction of sp³-hybridized carbons (Fsp3) is 0.0909. The first-order valence-corrected chi connectivity index (χ1v) is 9.83. The summed E-state index contributed by atoms with van der Waals surface area (Å²) in [4.78, 5) is 26.0. The topological polar surface area (TPSA) is 55.4 Å². The van der Waals surface area contributed by atoms with Gasteiger partial charge in [-0.15, -0.1) is 11.3 Å². The standard InChI is InChI=1S/C22H18ClNO3S/c1-15-9-10-17(14-19(15)23)24-22(26)21(16-6-3-2-4-7-16)27-20(25)12-11-18-8-5-13-28-18/h2-14,21H,1H3,(H,24,26)/b12-11+/t21-/m1/s1. The molecule has 1 atom stereocenters. The number of hydrogen-bond acceptors (Lipinski definition) is 4. The van der Waals surface area contributed by atoms with E-state index in [4.69, 9.17) is 16.3 Å². The van der Waals surface area contributed by atoms with Crippen LogP contribution in [0.1, 0.15) is 22.1 Å². The van der Waals surface area contributed by atoms with Crippen LogP contribution in [0.5, 0.6) is 0 Å². The molecule has 6 heteroatoms. The first-order chi connectivity index (χ1) is 13.5. The van der Waals surface area contributed by atoms with E-state index < -0.39 is 18.0 Å². The fourth-order valence-corrected chi connectivity index (χ4v) is 3.27. The van der Waals surface area contributed by atoms with Gasteiger partial charge in [0.2, 0.25) is 6.10 Å². The Hall–Kier alpha value is -2.89. The number of anilines is 1. The van der Waals surface area contributed by atoms with Gasteiger partial charge in [0.25, 0.3) is 5.91 Å². The monoisotopic (exact) mass is 411 g/mol. The minimum absolute atomic E-state index is 0.455. The molecule has 0 bridgehead atoms. The van der Waals surface area contributed by atoms with Crippen molar-refractivity contribution in [1.29, 1.82) is 0 Å². The summed E-state index contributed by atoms with van der Waals surface area (Å²) in [5.41, 5.74) is 2.02. The van der Waals surface area contributed by atoms with Crippen molar-refractivity contribution < 1.29 is 14.3 Å². The summed E-state index contributed by atoms with van der Waals surface area (Å²) < 4.78 is 5.46. The summed E-state index contributed by atoms with van der Waals surface area (Å²) in [6.07, 6.45) is 1.89. The average Bonchev–Trinajstić information content (AvgIpc) is 3.21. The lowest BCUT2D eigenvalue weighted by Crippen LogP contribution is -2.25. The number of hydrogen-bond donors (Lipinski definition) is 1. The molecule has 1 heterocycles. The lowest BCUT2D eigenvalue weighted by molar-refractivity contribution is -0.149. The van der Waals surface area contributed by atoms with Crippen molar-refractivity contribution in [3.8, 4) is 0 Å². The van der Waals surface area contributed by atoms with Crippen LogP contribution >= 0.6 is 22.9 Å². The molecular formula is C22H18ClNO3S. The van der Waals surface area contributed by atoms with Crippen molar-refractivity contribution in [2.24, 2.45) is 0 Å². The Morgan fingerprint density at radius 3 is 2.57 bits per heavy atom. The van der Waals surface area contributed by atoms with Gasteiger partial charge in [-0.05, 0) is 42.1 Å². The fourth-order valence-electron chi connectivity index (χ4n) is 2.47. The molecule has 0 aliphatic rings. The molecule has 1 aromatic heterocycles. The number of carbonyl (C=O) groups excluding carboxylic acids is 2. The van der Waals surface area contributed by atoms with E-state index in [0.29, 0.717) is 16.3 Å². The van der Waals surface area contributed by atoms with Crippen molar-refractivity contribution in [3.05, 3.63) is 93.1 Å². The first kappa shape index (κ1) is 19.9. The minimum atomic E-state index is -1.08. The summed E-state index contributed by atoms with van der Waals surface area (Å²) in [7, 11) is 0. The predicted molar refractivity (Wildman–Crippen MR) is 113 cm³/mol. The molecule has 1 amide bonds. The zero-order chi connectivity index (χ0) is 19.9. The predicted octanol–water partition coefficient (Wildman–Crippen LogP) is 5.65. The highest BCUT2D eigenvalue weighted by Gasteiger charge is 2.24. The van der Waals surface area contributed by atoms with E-state index in [1.54, 1.807) is 42.5 Å². The SMILES string of the molecule is Cc1ccc(NC(=O)[C@H](OC(=O)/C=C/c2cccs2)c2ccccc2)cc1Cl. The average molecular weight is 412 g/mol. The zero-order valence-electron chi connectivity index (χ0n) is 15.1. The number of benzene rings is 2. The van der Waals surface area contributed by atoms with Crippen LogP contribution in [-0.4, -0.2) is 11.9 Å². The third-order valence-electron chi connectivity index (χ3n) is 3.94. The maximum absolute atomic E-state index is 12.8. The molecule has 0 fully saturated rings. The van der Waals surface area contributed by atoms with Crippen LogP contribution in [0.2, 0.25) is 5.02 Å². The van der Waals surface area contributed by atoms with Gasteiger partial charge in [0, 0.05) is 27.2 Å². The van der Waals surface area contributed by atoms with E-state index in [1.807, 2.05) is 36.6 Å². The lowest BCUT2D eigenvalue weighted by atomic mass is 10.1. The molecule has 28 heavy (non-hydrogen) atoms. The van der Waals surface area contributed by atoms with Crippen LogP contribution in [0, 0.1) is 6.92 Å². The number of carbonyl (C=O) groups is 2. The third-order valence-corrected chi connectivity index (χ3v) is 5.19. The van der Waals surface area contributed by atoms with Crippen LogP contribution in [0.25, 0.3) is 6.08 Å². The smallest absolute Gasteiger partial charge is 0.331 e. The number of aryl methyl sites for hydroxylation is 1. The van der Waals surface area contributed by atoms with E-state index in [0.717, 1.165) is 10.4 Å². The number of amides is 1. The molecule has 0 saturated carbocycles. The molecule has 0 unspecified atom stereocenters. The van der Waals surface area contributed by atoms with Crippen molar-refractivity contribution in [3.63, 3.8) is 0 Å². The van der Waals surface area contributed by atoms with Crippen LogP contribution in [-0.2, 0) is 14.3 Å². The Kier molecular flexibility index (Phi) is 6.63. The molecule has 0 saturated heterocycles. The molecule has 0 aliphatic carbocycles. The zero-order valence-corrected chi connectivity index (χ0v) is 16.7. The van der Waals surface area contributed by atoms with Crippen molar-refractivity contribution in [2.45, 2.75) is 13.0 Å². The van der Waals surface area contributed by atoms with E-state index in [9.17, 15) is 9.59 Å². The molecule has 142 valence electrons. The van der Waals surface area contributed by atoms with Crippen molar-refractivity contribution in [2.75, 3.05) is 5.32 Å². The van der Waals surface area contributed by atoms with E-state index >= 15 is 0 Å². The highest BCUT2D eigenvalue weighted by Crippen LogP contribution is 2.24. The summed E-state index contributed by atoms with van der Waals surface area (Å²) in [5.74, 6) is -1.05. The second kappa shape index (κ2) is 9.35. The summed E-state index contributed by atoms with van der Waals surface area (Å²) in [6.45, 7) is 1.88. The largest absolute Gasteiger partial charge is 0.444 e. The molecule has 0 radical (unpaired) electrons. The second-order valence-electron chi connectivity index (χ2n) is 6.03. The highest BCUT2D eigenvalue weighted by molar-refractivity contribution is 7.10. The second-order valence-corrected chi connectivity index (χ2v) is 7.42. The molecule has 4 nitrogen and oxygen atoms in total. The van der Waals surface area contributed by atoms with Gasteiger partial charge in [-0.25, -0.2) is 4.79 Å². The summed E-state index contributed by atoms with van der Waals surface area (Å²) in [6, 6.07) is 17.9. The van der Waals surface area contributed by atoms with Gasteiger partial charge in [-0.3, -0.25) is 4.79 Å². The molecular weight excluding hydrogens is 394 g/mol. The third kappa shape index (κ3) is 5.31. The number of halogens is 1. The van der Waals surface area contributed by atoms with E-state index in [-0.39, 0.29) is 0 Å². The Morgan fingerprint density at radius 1 is 1.11 bits per heavy atom. The van der Waals surface area contributed by atoms with Gasteiger partial charge in [0.1, 0.15) is 0 Å². The summed E-state index contributed by atoms with van der Waals surface area (Å²) in [5, 5.41) is 5.22. The molecule has 0 spiro atoms. The molecule has 3 rings (SSSR count). The van der Waals surface area contributed by atoms with Gasteiger partial charge >= 0.3 is 5.97 Å². The number of esters is 1. The Balaban J connectivity index is 1.77. The normalized spacial score (nSPS) is 11.9. The Bertz CT molecular complexity index is 984.